The van der Waals surface area contributed by atoms with E-state index in [1.54, 1.807) is 19.2 Å². The van der Waals surface area contributed by atoms with Crippen molar-refractivity contribution in [3.63, 3.8) is 0 Å². The van der Waals surface area contributed by atoms with Crippen LogP contribution in [0.25, 0.3) is 0 Å². The lowest BCUT2D eigenvalue weighted by Gasteiger charge is -2.28. The quantitative estimate of drug-likeness (QED) is 0.800. The minimum absolute atomic E-state index is 0.335. The van der Waals surface area contributed by atoms with Gasteiger partial charge in [-0.3, -0.25) is 0 Å². The van der Waals surface area contributed by atoms with Crippen LogP contribution in [0.15, 0.2) is 12.3 Å². The lowest BCUT2D eigenvalue weighted by Crippen LogP contribution is -2.32. The Hall–Kier alpha value is -1.78. The van der Waals surface area contributed by atoms with E-state index in [-0.39, 0.29) is 5.97 Å². The molecule has 0 radical (unpaired) electrons. The zero-order valence-electron chi connectivity index (χ0n) is 12.1. The van der Waals surface area contributed by atoms with Crippen LogP contribution in [0.5, 0.6) is 0 Å². The summed E-state index contributed by atoms with van der Waals surface area (Å²) in [6, 6.07) is 1.96. The molecule has 1 heterocycles. The van der Waals surface area contributed by atoms with Crippen molar-refractivity contribution in [2.45, 2.75) is 39.7 Å². The molecule has 0 saturated heterocycles. The largest absolute Gasteiger partial charge is 0.462 e. The molecule has 0 atom stereocenters. The third-order valence-corrected chi connectivity index (χ3v) is 3.21. The maximum atomic E-state index is 12.0. The van der Waals surface area contributed by atoms with Crippen molar-refractivity contribution in [3.8, 4) is 0 Å². The van der Waals surface area contributed by atoms with Crippen molar-refractivity contribution in [1.29, 1.82) is 0 Å². The number of nitrogens with two attached hydrogens (primary N) is 1. The number of esters is 1. The number of hydrogen-bond donors (Lipinski definition) is 1. The summed E-state index contributed by atoms with van der Waals surface area (Å²) in [5.41, 5.74) is 6.60. The van der Waals surface area contributed by atoms with Crippen molar-refractivity contribution >= 4 is 17.5 Å². The van der Waals surface area contributed by atoms with E-state index >= 15 is 0 Å². The van der Waals surface area contributed by atoms with Crippen LogP contribution in [0.3, 0.4) is 0 Å². The molecule has 0 spiro atoms. The second kappa shape index (κ2) is 6.97. The van der Waals surface area contributed by atoms with Crippen LogP contribution in [0.2, 0.25) is 0 Å². The van der Waals surface area contributed by atoms with Gasteiger partial charge in [-0.2, -0.15) is 0 Å². The number of aromatic nitrogens is 1. The Kier molecular flexibility index (Phi) is 5.60. The topological polar surface area (TPSA) is 68.5 Å². The number of carbonyl (C=O) groups is 1. The molecule has 1 aromatic rings. The van der Waals surface area contributed by atoms with Crippen LogP contribution >= 0.6 is 0 Å². The average Bonchev–Trinajstić information content (AvgIpc) is 2.40. The van der Waals surface area contributed by atoms with Gasteiger partial charge in [-0.05, 0) is 25.8 Å². The number of ether oxygens (including phenoxy) is 1. The van der Waals surface area contributed by atoms with Gasteiger partial charge < -0.3 is 15.4 Å². The maximum Gasteiger partial charge on any atom is 0.341 e. The van der Waals surface area contributed by atoms with Crippen molar-refractivity contribution in [1.82, 2.24) is 4.98 Å². The number of nitrogen functional groups attached to an aromatic ring is 1. The van der Waals surface area contributed by atoms with Crippen molar-refractivity contribution in [3.05, 3.63) is 17.8 Å². The molecule has 106 valence electrons. The maximum absolute atomic E-state index is 12.0. The summed E-state index contributed by atoms with van der Waals surface area (Å²) in [5.74, 6) is 0.247. The van der Waals surface area contributed by atoms with Crippen LogP contribution < -0.4 is 10.6 Å². The van der Waals surface area contributed by atoms with Gasteiger partial charge in [0, 0.05) is 13.1 Å². The van der Waals surface area contributed by atoms with Crippen molar-refractivity contribution in [2.24, 2.45) is 0 Å². The highest BCUT2D eigenvalue weighted by atomic mass is 16.5. The van der Waals surface area contributed by atoms with E-state index < -0.39 is 0 Å². The lowest BCUT2D eigenvalue weighted by atomic mass is 10.1. The van der Waals surface area contributed by atoms with Crippen LogP contribution in [0.1, 0.15) is 44.0 Å². The van der Waals surface area contributed by atoms with Gasteiger partial charge in [-0.25, -0.2) is 9.78 Å². The second-order valence-electron chi connectivity index (χ2n) is 4.44. The molecule has 0 aliphatic rings. The summed E-state index contributed by atoms with van der Waals surface area (Å²) in [6.07, 6.45) is 3.54. The number of rotatable bonds is 6. The number of nitrogens with zero attached hydrogens (tertiary/aromatic N) is 2. The molecule has 0 aliphatic carbocycles. The Balaban J connectivity index is 3.15. The SMILES string of the molecule is CCOC(=O)c1cc(N)cnc1N(C)C(CC)CC. The van der Waals surface area contributed by atoms with E-state index in [0.717, 1.165) is 12.8 Å². The first-order valence-electron chi connectivity index (χ1n) is 6.70. The van der Waals surface area contributed by atoms with Gasteiger partial charge >= 0.3 is 5.97 Å². The fourth-order valence-corrected chi connectivity index (χ4v) is 2.12. The van der Waals surface area contributed by atoms with Crippen LogP contribution in [0.4, 0.5) is 11.5 Å². The number of anilines is 2. The summed E-state index contributed by atoms with van der Waals surface area (Å²) in [5, 5.41) is 0. The normalized spacial score (nSPS) is 10.6. The Morgan fingerprint density at radius 3 is 2.58 bits per heavy atom. The second-order valence-corrected chi connectivity index (χ2v) is 4.44. The van der Waals surface area contributed by atoms with Crippen LogP contribution in [-0.4, -0.2) is 30.6 Å². The average molecular weight is 265 g/mol. The third-order valence-electron chi connectivity index (χ3n) is 3.21. The number of pyridine rings is 1. The predicted molar refractivity (Wildman–Crippen MR) is 77.4 cm³/mol. The predicted octanol–water partition coefficient (Wildman–Crippen LogP) is 2.47. The molecule has 0 aliphatic heterocycles. The smallest absolute Gasteiger partial charge is 0.341 e. The molecule has 0 bridgehead atoms. The molecule has 5 heteroatoms. The van der Waals surface area contributed by atoms with E-state index in [4.69, 9.17) is 10.5 Å². The zero-order valence-corrected chi connectivity index (χ0v) is 12.1. The zero-order chi connectivity index (χ0) is 14.4. The number of hydrogen-bond acceptors (Lipinski definition) is 5. The molecule has 2 N–H and O–H groups in total. The molecule has 1 aromatic heterocycles. The van der Waals surface area contributed by atoms with Gasteiger partial charge in [0.25, 0.3) is 0 Å². The Labute approximate surface area is 114 Å². The third kappa shape index (κ3) is 3.59. The molecule has 0 unspecified atom stereocenters. The van der Waals surface area contributed by atoms with E-state index in [2.05, 4.69) is 18.8 Å². The molecule has 0 amide bonds. The molecule has 5 nitrogen and oxygen atoms in total. The first-order chi connectivity index (χ1) is 9.04. The lowest BCUT2D eigenvalue weighted by molar-refractivity contribution is 0.0526. The van der Waals surface area contributed by atoms with Gasteiger partial charge in [0.15, 0.2) is 0 Å². The molecule has 0 saturated carbocycles. The van der Waals surface area contributed by atoms with Gasteiger partial charge in [-0.15, -0.1) is 0 Å². The molecular formula is C14H23N3O2. The standard InChI is InChI=1S/C14H23N3O2/c1-5-11(6-2)17(4)13-12(14(18)19-7-3)8-10(15)9-16-13/h8-9,11H,5-7,15H2,1-4H3. The van der Waals surface area contributed by atoms with E-state index in [1.165, 1.54) is 0 Å². The minimum Gasteiger partial charge on any atom is -0.462 e. The van der Waals surface area contributed by atoms with Crippen LogP contribution in [0, 0.1) is 0 Å². The van der Waals surface area contributed by atoms with E-state index in [9.17, 15) is 4.79 Å². The van der Waals surface area contributed by atoms with Gasteiger partial charge in [-0.1, -0.05) is 13.8 Å². The van der Waals surface area contributed by atoms with Gasteiger partial charge in [0.1, 0.15) is 11.4 Å². The Morgan fingerprint density at radius 2 is 2.05 bits per heavy atom. The monoisotopic (exact) mass is 265 g/mol. The van der Waals surface area contributed by atoms with E-state index in [0.29, 0.717) is 29.7 Å². The van der Waals surface area contributed by atoms with Crippen LogP contribution in [-0.2, 0) is 4.74 Å². The Bertz CT molecular complexity index is 431. The van der Waals surface area contributed by atoms with Gasteiger partial charge in [0.2, 0.25) is 0 Å². The summed E-state index contributed by atoms with van der Waals surface area (Å²) < 4.78 is 5.06. The van der Waals surface area contributed by atoms with E-state index in [1.807, 2.05) is 11.9 Å². The summed E-state index contributed by atoms with van der Waals surface area (Å²) in [6.45, 7) is 6.35. The highest BCUT2D eigenvalue weighted by Gasteiger charge is 2.21. The van der Waals surface area contributed by atoms with Crippen molar-refractivity contribution < 1.29 is 9.53 Å². The van der Waals surface area contributed by atoms with Gasteiger partial charge in [0.05, 0.1) is 18.5 Å². The number of carbonyl (C=O) groups excluding carboxylic acids is 1. The highest BCUT2D eigenvalue weighted by molar-refractivity contribution is 5.95. The molecule has 1 rings (SSSR count). The fraction of sp³-hybridized carbons (Fsp3) is 0.571. The summed E-state index contributed by atoms with van der Waals surface area (Å²) in [4.78, 5) is 18.3. The highest BCUT2D eigenvalue weighted by Crippen LogP contribution is 2.23. The Morgan fingerprint density at radius 1 is 1.42 bits per heavy atom. The first kappa shape index (κ1) is 15.3. The fourth-order valence-electron chi connectivity index (χ4n) is 2.12. The summed E-state index contributed by atoms with van der Waals surface area (Å²) >= 11 is 0. The first-order valence-corrected chi connectivity index (χ1v) is 6.70. The minimum atomic E-state index is -0.380. The molecule has 0 aromatic carbocycles. The van der Waals surface area contributed by atoms with Crippen molar-refractivity contribution in [2.75, 3.05) is 24.3 Å². The molecule has 0 fully saturated rings. The molecule has 19 heavy (non-hydrogen) atoms. The molecular weight excluding hydrogens is 242 g/mol. The summed E-state index contributed by atoms with van der Waals surface area (Å²) in [7, 11) is 1.94.